The zero-order valence-corrected chi connectivity index (χ0v) is 11.4. The predicted octanol–water partition coefficient (Wildman–Crippen LogP) is 2.73. The first kappa shape index (κ1) is 13.2. The van der Waals surface area contributed by atoms with Gasteiger partial charge in [0.15, 0.2) is 0 Å². The number of hydrogen-bond donors (Lipinski definition) is 1. The largest absolute Gasteiger partial charge is 0.370 e. The minimum Gasteiger partial charge on any atom is -0.370 e. The molecule has 1 N–H and O–H groups in total. The lowest BCUT2D eigenvalue weighted by Crippen LogP contribution is -2.46. The van der Waals surface area contributed by atoms with Crippen molar-refractivity contribution in [2.45, 2.75) is 25.8 Å². The zero-order valence-electron chi connectivity index (χ0n) is 10.6. The van der Waals surface area contributed by atoms with Gasteiger partial charge in [0.05, 0.1) is 12.6 Å². The van der Waals surface area contributed by atoms with Crippen molar-refractivity contribution in [3.63, 3.8) is 0 Å². The number of halogens is 1. The lowest BCUT2D eigenvalue weighted by atomic mass is 10.0. The van der Waals surface area contributed by atoms with Crippen molar-refractivity contribution in [3.05, 3.63) is 28.8 Å². The Labute approximate surface area is 113 Å². The highest BCUT2D eigenvalue weighted by Gasteiger charge is 2.20. The second-order valence-electron chi connectivity index (χ2n) is 4.71. The first-order chi connectivity index (χ1) is 8.72. The molecule has 1 aliphatic heterocycles. The number of nitrogens with zero attached hydrogens (tertiary/aromatic N) is 2. The van der Waals surface area contributed by atoms with Crippen molar-refractivity contribution in [2.24, 2.45) is 0 Å². The van der Waals surface area contributed by atoms with Crippen LogP contribution in [0.5, 0.6) is 0 Å². The number of hydrogen-bond acceptors (Lipinski definition) is 3. The Balaban J connectivity index is 2.09. The summed E-state index contributed by atoms with van der Waals surface area (Å²) in [5.74, 6) is 0. The average Bonchev–Trinajstić information content (AvgIpc) is 2.40. The fourth-order valence-corrected chi connectivity index (χ4v) is 2.66. The second kappa shape index (κ2) is 6.08. The summed E-state index contributed by atoms with van der Waals surface area (Å²) in [5.41, 5.74) is 2.35. The molecule has 2 rings (SSSR count). The molecule has 1 aliphatic rings. The predicted molar refractivity (Wildman–Crippen MR) is 75.0 cm³/mol. The van der Waals surface area contributed by atoms with Gasteiger partial charge in [0.25, 0.3) is 0 Å². The second-order valence-corrected chi connectivity index (χ2v) is 5.12. The van der Waals surface area contributed by atoms with Crippen LogP contribution in [-0.2, 0) is 0 Å². The first-order valence-corrected chi connectivity index (χ1v) is 6.70. The molecule has 1 heterocycles. The molecule has 0 aliphatic carbocycles. The highest BCUT2D eigenvalue weighted by Crippen LogP contribution is 2.28. The topological polar surface area (TPSA) is 39.1 Å². The smallest absolute Gasteiger partial charge is 0.0843 e. The Hall–Kier alpha value is -1.24. The molecule has 0 spiro atoms. The van der Waals surface area contributed by atoms with Gasteiger partial charge in [-0.25, -0.2) is 0 Å². The van der Waals surface area contributed by atoms with Crippen molar-refractivity contribution in [1.82, 2.24) is 5.32 Å². The standard InChI is InChI=1S/C14H18ClN3/c1-11-13(15)5-2-6-14(11)18-9-3-4-12(10-18)17-8-7-16/h2,5-6,12,17H,3-4,8-10H2,1H3. The van der Waals surface area contributed by atoms with Crippen molar-refractivity contribution < 1.29 is 0 Å². The van der Waals surface area contributed by atoms with Gasteiger partial charge in [0, 0.05) is 29.8 Å². The van der Waals surface area contributed by atoms with E-state index in [-0.39, 0.29) is 0 Å². The Bertz CT molecular complexity index is 453. The Morgan fingerprint density at radius 2 is 2.39 bits per heavy atom. The molecule has 1 unspecified atom stereocenters. The Morgan fingerprint density at radius 3 is 3.17 bits per heavy atom. The van der Waals surface area contributed by atoms with Gasteiger partial charge in [-0.3, -0.25) is 5.32 Å². The minimum absolute atomic E-state index is 0.400. The summed E-state index contributed by atoms with van der Waals surface area (Å²) in [6.45, 7) is 4.49. The number of rotatable bonds is 3. The van der Waals surface area contributed by atoms with Crippen LogP contribution in [0.2, 0.25) is 5.02 Å². The summed E-state index contributed by atoms with van der Waals surface area (Å²) in [5, 5.41) is 12.7. The first-order valence-electron chi connectivity index (χ1n) is 6.32. The van der Waals surface area contributed by atoms with Crippen molar-refractivity contribution in [3.8, 4) is 6.07 Å². The van der Waals surface area contributed by atoms with Crippen LogP contribution < -0.4 is 10.2 Å². The van der Waals surface area contributed by atoms with Crippen LogP contribution >= 0.6 is 11.6 Å². The lowest BCUT2D eigenvalue weighted by Gasteiger charge is -2.35. The molecule has 3 nitrogen and oxygen atoms in total. The minimum atomic E-state index is 0.400. The van der Waals surface area contributed by atoms with E-state index in [9.17, 15) is 0 Å². The van der Waals surface area contributed by atoms with Crippen LogP contribution in [-0.4, -0.2) is 25.7 Å². The summed E-state index contributed by atoms with van der Waals surface area (Å²) in [7, 11) is 0. The molecule has 96 valence electrons. The van der Waals surface area contributed by atoms with Crippen LogP contribution in [0, 0.1) is 18.3 Å². The summed E-state index contributed by atoms with van der Waals surface area (Å²) in [4.78, 5) is 2.36. The molecular weight excluding hydrogens is 246 g/mol. The van der Waals surface area contributed by atoms with Crippen LogP contribution in [0.3, 0.4) is 0 Å². The van der Waals surface area contributed by atoms with E-state index >= 15 is 0 Å². The summed E-state index contributed by atoms with van der Waals surface area (Å²) >= 11 is 6.17. The molecule has 0 bridgehead atoms. The number of piperidine rings is 1. The van der Waals surface area contributed by atoms with E-state index in [1.807, 2.05) is 12.1 Å². The number of nitrogens with one attached hydrogen (secondary N) is 1. The lowest BCUT2D eigenvalue weighted by molar-refractivity contribution is 0.439. The van der Waals surface area contributed by atoms with Crippen LogP contribution in [0.15, 0.2) is 18.2 Å². The molecule has 1 atom stereocenters. The molecule has 0 aromatic heterocycles. The molecule has 0 radical (unpaired) electrons. The molecule has 1 saturated heterocycles. The molecule has 1 fully saturated rings. The van der Waals surface area contributed by atoms with Crippen LogP contribution in [0.1, 0.15) is 18.4 Å². The van der Waals surface area contributed by atoms with Gasteiger partial charge in [-0.1, -0.05) is 17.7 Å². The van der Waals surface area contributed by atoms with Gasteiger partial charge in [-0.15, -0.1) is 0 Å². The normalized spacial score (nSPS) is 19.6. The molecule has 1 aromatic carbocycles. The van der Waals surface area contributed by atoms with E-state index in [0.29, 0.717) is 12.6 Å². The fourth-order valence-electron chi connectivity index (χ4n) is 2.49. The van der Waals surface area contributed by atoms with Crippen LogP contribution in [0.25, 0.3) is 0 Å². The van der Waals surface area contributed by atoms with Crippen LogP contribution in [0.4, 0.5) is 5.69 Å². The molecular formula is C14H18ClN3. The monoisotopic (exact) mass is 263 g/mol. The Kier molecular flexibility index (Phi) is 4.46. The van der Waals surface area contributed by atoms with E-state index in [0.717, 1.165) is 36.5 Å². The average molecular weight is 264 g/mol. The third kappa shape index (κ3) is 2.95. The molecule has 1 aromatic rings. The van der Waals surface area contributed by atoms with E-state index < -0.39 is 0 Å². The molecule has 18 heavy (non-hydrogen) atoms. The van der Waals surface area contributed by atoms with Crippen molar-refractivity contribution >= 4 is 17.3 Å². The summed E-state index contributed by atoms with van der Waals surface area (Å²) < 4.78 is 0. The van der Waals surface area contributed by atoms with Gasteiger partial charge in [-0.2, -0.15) is 5.26 Å². The van der Waals surface area contributed by atoms with Gasteiger partial charge >= 0.3 is 0 Å². The summed E-state index contributed by atoms with van der Waals surface area (Å²) in [6, 6.07) is 8.58. The van der Waals surface area contributed by atoms with E-state index in [4.69, 9.17) is 16.9 Å². The van der Waals surface area contributed by atoms with Gasteiger partial charge in [-0.05, 0) is 37.5 Å². The quantitative estimate of drug-likeness (QED) is 0.853. The maximum absolute atomic E-state index is 8.62. The summed E-state index contributed by atoms with van der Waals surface area (Å²) in [6.07, 6.45) is 2.28. The van der Waals surface area contributed by atoms with E-state index in [1.54, 1.807) is 0 Å². The fraction of sp³-hybridized carbons (Fsp3) is 0.500. The van der Waals surface area contributed by atoms with Crippen molar-refractivity contribution in [2.75, 3.05) is 24.5 Å². The van der Waals surface area contributed by atoms with Gasteiger partial charge < -0.3 is 4.90 Å². The van der Waals surface area contributed by atoms with Gasteiger partial charge in [0.1, 0.15) is 0 Å². The maximum Gasteiger partial charge on any atom is 0.0843 e. The van der Waals surface area contributed by atoms with Crippen molar-refractivity contribution in [1.29, 1.82) is 5.26 Å². The molecule has 0 amide bonds. The van der Waals surface area contributed by atoms with E-state index in [2.05, 4.69) is 29.3 Å². The highest BCUT2D eigenvalue weighted by atomic mass is 35.5. The Morgan fingerprint density at radius 1 is 1.56 bits per heavy atom. The number of benzene rings is 1. The van der Waals surface area contributed by atoms with E-state index in [1.165, 1.54) is 5.69 Å². The van der Waals surface area contributed by atoms with Gasteiger partial charge in [0.2, 0.25) is 0 Å². The highest BCUT2D eigenvalue weighted by molar-refractivity contribution is 6.31. The third-order valence-corrected chi connectivity index (χ3v) is 3.88. The molecule has 4 heteroatoms. The zero-order chi connectivity index (χ0) is 13.0. The number of anilines is 1. The maximum atomic E-state index is 8.62. The molecule has 0 saturated carbocycles. The SMILES string of the molecule is Cc1c(Cl)cccc1N1CCCC(NCC#N)C1. The third-order valence-electron chi connectivity index (χ3n) is 3.47. The number of nitriles is 1.